The molecule has 2 heterocycles. The number of rotatable bonds is 2. The Kier molecular flexibility index (Phi) is 2.98. The minimum Gasteiger partial charge on any atom is -0.508 e. The molecule has 1 N–H and O–H groups in total. The Labute approximate surface area is 104 Å². The molecule has 94 valence electrons. The van der Waals surface area contributed by atoms with Crippen molar-refractivity contribution >= 4 is 0 Å². The van der Waals surface area contributed by atoms with E-state index in [4.69, 9.17) is 9.26 Å². The molecule has 0 saturated carbocycles. The maximum absolute atomic E-state index is 9.42. The first-order valence-electron chi connectivity index (χ1n) is 6.04. The summed E-state index contributed by atoms with van der Waals surface area (Å²) < 4.78 is 10.7. The number of phenolic OH excluding ortho intramolecular Hbond substituents is 1. The van der Waals surface area contributed by atoms with E-state index in [-0.39, 0.29) is 11.7 Å². The molecular formula is C13H14N2O3. The molecule has 5 heteroatoms. The third-order valence-corrected chi connectivity index (χ3v) is 3.06. The zero-order valence-corrected chi connectivity index (χ0v) is 9.87. The lowest BCUT2D eigenvalue weighted by molar-refractivity contribution is 0.0705. The number of nitrogens with zero attached hydrogens (tertiary/aromatic N) is 2. The molecule has 1 aromatic carbocycles. The zero-order valence-electron chi connectivity index (χ0n) is 9.87. The summed E-state index contributed by atoms with van der Waals surface area (Å²) in [7, 11) is 0. The van der Waals surface area contributed by atoms with E-state index >= 15 is 0 Å². The molecule has 3 rings (SSSR count). The summed E-state index contributed by atoms with van der Waals surface area (Å²) in [6.45, 7) is 1.45. The predicted octanol–water partition coefficient (Wildman–Crippen LogP) is 2.34. The van der Waals surface area contributed by atoms with Gasteiger partial charge in [0.2, 0.25) is 11.7 Å². The number of hydrogen-bond acceptors (Lipinski definition) is 5. The molecule has 5 nitrogen and oxygen atoms in total. The smallest absolute Gasteiger partial charge is 0.232 e. The van der Waals surface area contributed by atoms with Crippen molar-refractivity contribution in [3.63, 3.8) is 0 Å². The van der Waals surface area contributed by atoms with Crippen LogP contribution < -0.4 is 0 Å². The highest BCUT2D eigenvalue weighted by atomic mass is 16.5. The molecule has 1 unspecified atom stereocenters. The normalized spacial score (nSPS) is 19.9. The van der Waals surface area contributed by atoms with Crippen molar-refractivity contribution in [2.45, 2.75) is 18.8 Å². The van der Waals surface area contributed by atoms with Crippen LogP contribution in [-0.4, -0.2) is 28.5 Å². The van der Waals surface area contributed by atoms with Gasteiger partial charge in [-0.2, -0.15) is 4.98 Å². The van der Waals surface area contributed by atoms with E-state index in [1.54, 1.807) is 18.2 Å². The van der Waals surface area contributed by atoms with Gasteiger partial charge in [0.25, 0.3) is 0 Å². The third kappa shape index (κ3) is 2.22. The van der Waals surface area contributed by atoms with Gasteiger partial charge in [-0.05, 0) is 25.0 Å². The SMILES string of the molecule is Oc1cccc(-c2noc(C3CCCOC3)n2)c1. The Morgan fingerprint density at radius 1 is 1.33 bits per heavy atom. The van der Waals surface area contributed by atoms with E-state index in [1.807, 2.05) is 6.07 Å². The van der Waals surface area contributed by atoms with E-state index in [0.29, 0.717) is 18.3 Å². The van der Waals surface area contributed by atoms with Crippen LogP contribution in [0.25, 0.3) is 11.4 Å². The molecule has 0 bridgehead atoms. The van der Waals surface area contributed by atoms with Gasteiger partial charge in [0.1, 0.15) is 5.75 Å². The molecule has 1 fully saturated rings. The fourth-order valence-corrected chi connectivity index (χ4v) is 2.10. The quantitative estimate of drug-likeness (QED) is 0.880. The second-order valence-corrected chi connectivity index (χ2v) is 4.42. The topological polar surface area (TPSA) is 68.4 Å². The number of aromatic hydroxyl groups is 1. The summed E-state index contributed by atoms with van der Waals surface area (Å²) in [4.78, 5) is 4.38. The molecule has 1 saturated heterocycles. The van der Waals surface area contributed by atoms with Crippen LogP contribution in [0.3, 0.4) is 0 Å². The second kappa shape index (κ2) is 4.78. The number of ether oxygens (including phenoxy) is 1. The van der Waals surface area contributed by atoms with Crippen molar-refractivity contribution in [1.82, 2.24) is 10.1 Å². The van der Waals surface area contributed by atoms with Crippen LogP contribution in [0.4, 0.5) is 0 Å². The number of phenols is 1. The average molecular weight is 246 g/mol. The van der Waals surface area contributed by atoms with Gasteiger partial charge in [-0.1, -0.05) is 17.3 Å². The summed E-state index contributed by atoms with van der Waals surface area (Å²) in [6.07, 6.45) is 2.04. The summed E-state index contributed by atoms with van der Waals surface area (Å²) in [5.41, 5.74) is 0.752. The van der Waals surface area contributed by atoms with E-state index < -0.39 is 0 Å². The highest BCUT2D eigenvalue weighted by Crippen LogP contribution is 2.27. The van der Waals surface area contributed by atoms with Crippen LogP contribution in [0.5, 0.6) is 5.75 Å². The van der Waals surface area contributed by atoms with Gasteiger partial charge in [0.05, 0.1) is 12.5 Å². The molecule has 1 atom stereocenters. The van der Waals surface area contributed by atoms with Crippen molar-refractivity contribution in [3.05, 3.63) is 30.2 Å². The Bertz CT molecular complexity index is 533. The van der Waals surface area contributed by atoms with E-state index in [2.05, 4.69) is 10.1 Å². The Morgan fingerprint density at radius 3 is 3.06 bits per heavy atom. The largest absolute Gasteiger partial charge is 0.508 e. The van der Waals surface area contributed by atoms with Crippen molar-refractivity contribution < 1.29 is 14.4 Å². The first kappa shape index (κ1) is 11.2. The van der Waals surface area contributed by atoms with Gasteiger partial charge in [-0.15, -0.1) is 0 Å². The molecule has 18 heavy (non-hydrogen) atoms. The van der Waals surface area contributed by atoms with Gasteiger partial charge in [0, 0.05) is 12.2 Å². The summed E-state index contributed by atoms with van der Waals surface area (Å²) >= 11 is 0. The van der Waals surface area contributed by atoms with Gasteiger partial charge >= 0.3 is 0 Å². The maximum atomic E-state index is 9.42. The Balaban J connectivity index is 1.84. The number of benzene rings is 1. The predicted molar refractivity (Wildman–Crippen MR) is 64.2 cm³/mol. The highest BCUT2D eigenvalue weighted by molar-refractivity contribution is 5.56. The minimum atomic E-state index is 0.192. The van der Waals surface area contributed by atoms with Crippen LogP contribution in [-0.2, 0) is 4.74 Å². The van der Waals surface area contributed by atoms with Gasteiger partial charge in [-0.25, -0.2) is 0 Å². The third-order valence-electron chi connectivity index (χ3n) is 3.06. The molecule has 0 aliphatic carbocycles. The molecular weight excluding hydrogens is 232 g/mol. The maximum Gasteiger partial charge on any atom is 0.232 e. The lowest BCUT2D eigenvalue weighted by atomic mass is 10.0. The lowest BCUT2D eigenvalue weighted by Crippen LogP contribution is -2.15. The monoisotopic (exact) mass is 246 g/mol. The second-order valence-electron chi connectivity index (χ2n) is 4.42. The van der Waals surface area contributed by atoms with Gasteiger partial charge < -0.3 is 14.4 Å². The van der Waals surface area contributed by atoms with Crippen LogP contribution >= 0.6 is 0 Å². The van der Waals surface area contributed by atoms with Crippen molar-refractivity contribution in [1.29, 1.82) is 0 Å². The van der Waals surface area contributed by atoms with Crippen molar-refractivity contribution in [2.24, 2.45) is 0 Å². The Hall–Kier alpha value is -1.88. The Morgan fingerprint density at radius 2 is 2.28 bits per heavy atom. The van der Waals surface area contributed by atoms with E-state index in [0.717, 1.165) is 25.0 Å². The molecule has 1 aliphatic heterocycles. The van der Waals surface area contributed by atoms with E-state index in [1.165, 1.54) is 0 Å². The van der Waals surface area contributed by atoms with Crippen molar-refractivity contribution in [2.75, 3.05) is 13.2 Å². The standard InChI is InChI=1S/C13H14N2O3/c16-11-5-1-3-9(7-11)12-14-13(18-15-12)10-4-2-6-17-8-10/h1,3,5,7,10,16H,2,4,6,8H2. The van der Waals surface area contributed by atoms with Gasteiger partial charge in [-0.3, -0.25) is 0 Å². The van der Waals surface area contributed by atoms with Crippen LogP contribution in [0, 0.1) is 0 Å². The zero-order chi connectivity index (χ0) is 12.4. The van der Waals surface area contributed by atoms with Gasteiger partial charge in [0.15, 0.2) is 0 Å². The van der Waals surface area contributed by atoms with Crippen LogP contribution in [0.2, 0.25) is 0 Å². The molecule has 2 aromatic rings. The van der Waals surface area contributed by atoms with Crippen LogP contribution in [0.1, 0.15) is 24.7 Å². The molecule has 1 aromatic heterocycles. The number of aromatic nitrogens is 2. The summed E-state index contributed by atoms with van der Waals surface area (Å²) in [5.74, 6) is 1.51. The van der Waals surface area contributed by atoms with Crippen molar-refractivity contribution in [3.8, 4) is 17.1 Å². The fourth-order valence-electron chi connectivity index (χ4n) is 2.10. The molecule has 0 spiro atoms. The molecule has 0 amide bonds. The molecule has 1 aliphatic rings. The minimum absolute atomic E-state index is 0.192. The highest BCUT2D eigenvalue weighted by Gasteiger charge is 2.22. The lowest BCUT2D eigenvalue weighted by Gasteiger charge is -2.17. The molecule has 0 radical (unpaired) electrons. The summed E-state index contributed by atoms with van der Waals surface area (Å²) in [6, 6.07) is 6.82. The average Bonchev–Trinajstić information content (AvgIpc) is 2.89. The summed E-state index contributed by atoms with van der Waals surface area (Å²) in [5, 5.41) is 13.4. The fraction of sp³-hybridized carbons (Fsp3) is 0.385. The van der Waals surface area contributed by atoms with E-state index in [9.17, 15) is 5.11 Å². The first-order valence-corrected chi connectivity index (χ1v) is 6.04. The first-order chi connectivity index (χ1) is 8.83. The number of hydrogen-bond donors (Lipinski definition) is 1. The van der Waals surface area contributed by atoms with Crippen LogP contribution in [0.15, 0.2) is 28.8 Å².